The molecule has 10 aromatic rings. The molecule has 0 saturated carbocycles. The first kappa shape index (κ1) is 31.7. The Morgan fingerprint density at radius 2 is 1.05 bits per heavy atom. The Morgan fingerprint density at radius 3 is 1.84 bits per heavy atom. The minimum absolute atomic E-state index is 0.684. The number of aromatic nitrogens is 3. The van der Waals surface area contributed by atoms with Gasteiger partial charge in [-0.25, -0.2) is 15.0 Å². The highest BCUT2D eigenvalue weighted by molar-refractivity contribution is 7.26. The molecule has 0 fully saturated rings. The third-order valence-electron chi connectivity index (χ3n) is 10.9. The Bertz CT molecular complexity index is 3210. The minimum Gasteiger partial charge on any atom is -0.208 e. The predicted octanol–water partition coefficient (Wildman–Crippen LogP) is 14.1. The molecule has 0 spiro atoms. The third-order valence-corrected chi connectivity index (χ3v) is 12.1. The van der Waals surface area contributed by atoms with Crippen molar-refractivity contribution in [2.45, 2.75) is 12.8 Å². The molecule has 0 aliphatic heterocycles. The number of thiophene rings is 1. The maximum Gasteiger partial charge on any atom is 0.164 e. The van der Waals surface area contributed by atoms with Gasteiger partial charge >= 0.3 is 0 Å². The first-order chi connectivity index (χ1) is 27.2. The maximum atomic E-state index is 5.15. The summed E-state index contributed by atoms with van der Waals surface area (Å²) in [6.07, 6.45) is 8.60. The van der Waals surface area contributed by atoms with Crippen molar-refractivity contribution >= 4 is 69.4 Å². The van der Waals surface area contributed by atoms with Crippen molar-refractivity contribution in [1.82, 2.24) is 15.0 Å². The Labute approximate surface area is 322 Å². The van der Waals surface area contributed by atoms with E-state index in [1.54, 1.807) is 0 Å². The van der Waals surface area contributed by atoms with E-state index in [-0.39, 0.29) is 0 Å². The van der Waals surface area contributed by atoms with Crippen LogP contribution >= 0.6 is 11.3 Å². The fraction of sp³-hybridized carbons (Fsp3) is 0.0392. The molecule has 0 N–H and O–H groups in total. The molecule has 1 aliphatic carbocycles. The van der Waals surface area contributed by atoms with Crippen LogP contribution in [0.2, 0.25) is 0 Å². The van der Waals surface area contributed by atoms with Crippen LogP contribution in [0.15, 0.2) is 176 Å². The van der Waals surface area contributed by atoms with Gasteiger partial charge in [-0.1, -0.05) is 152 Å². The van der Waals surface area contributed by atoms with Gasteiger partial charge in [0, 0.05) is 36.9 Å². The second-order valence-corrected chi connectivity index (χ2v) is 15.3. The Balaban J connectivity index is 1.07. The van der Waals surface area contributed by atoms with E-state index < -0.39 is 0 Å². The number of rotatable bonds is 5. The summed E-state index contributed by atoms with van der Waals surface area (Å²) in [5.41, 5.74) is 7.91. The minimum atomic E-state index is 0.684. The molecule has 2 heterocycles. The molecule has 258 valence electrons. The lowest BCUT2D eigenvalue weighted by Gasteiger charge is -2.14. The molecule has 8 aromatic carbocycles. The maximum absolute atomic E-state index is 5.15. The molecular formula is C51H33N3S. The Morgan fingerprint density at radius 1 is 0.400 bits per heavy atom. The van der Waals surface area contributed by atoms with Gasteiger partial charge in [-0.3, -0.25) is 0 Å². The van der Waals surface area contributed by atoms with Crippen LogP contribution in [-0.2, 0) is 0 Å². The lowest BCUT2D eigenvalue weighted by atomic mass is 9.90. The van der Waals surface area contributed by atoms with E-state index in [4.69, 9.17) is 15.0 Å². The molecular weight excluding hydrogens is 687 g/mol. The fourth-order valence-electron chi connectivity index (χ4n) is 8.27. The molecule has 11 rings (SSSR count). The van der Waals surface area contributed by atoms with Gasteiger partial charge in [0.2, 0.25) is 0 Å². The first-order valence-corrected chi connectivity index (χ1v) is 19.7. The third kappa shape index (κ3) is 5.45. The van der Waals surface area contributed by atoms with Gasteiger partial charge in [0.15, 0.2) is 17.5 Å². The highest BCUT2D eigenvalue weighted by atomic mass is 32.1. The molecule has 2 aromatic heterocycles. The molecule has 55 heavy (non-hydrogen) atoms. The summed E-state index contributed by atoms with van der Waals surface area (Å²) in [6.45, 7) is 0. The topological polar surface area (TPSA) is 38.7 Å². The predicted molar refractivity (Wildman–Crippen MR) is 233 cm³/mol. The van der Waals surface area contributed by atoms with E-state index >= 15 is 0 Å². The van der Waals surface area contributed by atoms with Crippen LogP contribution in [0.3, 0.4) is 0 Å². The van der Waals surface area contributed by atoms with Gasteiger partial charge < -0.3 is 0 Å². The van der Waals surface area contributed by atoms with Crippen LogP contribution < -0.4 is 0 Å². The smallest absolute Gasteiger partial charge is 0.164 e. The SMILES string of the molecule is C1=CC(c2nc(-c3ccccc3)nc(-c3cccc4sc5ccc(-c6ccc(-c7ccc8ccc9ccccc9c8c7)c7ccccc67)cc5c34)n2)=CCC1. The molecule has 0 radical (unpaired) electrons. The highest BCUT2D eigenvalue weighted by Gasteiger charge is 2.19. The molecule has 0 atom stereocenters. The van der Waals surface area contributed by atoms with Crippen molar-refractivity contribution in [2.24, 2.45) is 0 Å². The highest BCUT2D eigenvalue weighted by Crippen LogP contribution is 2.43. The second-order valence-electron chi connectivity index (χ2n) is 14.2. The zero-order valence-corrected chi connectivity index (χ0v) is 30.7. The van der Waals surface area contributed by atoms with Gasteiger partial charge in [-0.15, -0.1) is 11.3 Å². The van der Waals surface area contributed by atoms with Crippen molar-refractivity contribution in [2.75, 3.05) is 0 Å². The summed E-state index contributed by atoms with van der Waals surface area (Å²) in [6, 6.07) is 57.1. The lowest BCUT2D eigenvalue weighted by molar-refractivity contribution is 1.01. The number of nitrogens with zero attached hydrogens (tertiary/aromatic N) is 3. The number of hydrogen-bond donors (Lipinski definition) is 0. The molecule has 3 nitrogen and oxygen atoms in total. The summed E-state index contributed by atoms with van der Waals surface area (Å²) in [7, 11) is 0. The zero-order chi connectivity index (χ0) is 36.3. The summed E-state index contributed by atoms with van der Waals surface area (Å²) in [5.74, 6) is 2.09. The molecule has 1 aliphatic rings. The first-order valence-electron chi connectivity index (χ1n) is 18.8. The van der Waals surface area contributed by atoms with Gasteiger partial charge in [-0.2, -0.15) is 0 Å². The van der Waals surface area contributed by atoms with E-state index in [0.29, 0.717) is 17.5 Å². The fourth-order valence-corrected chi connectivity index (χ4v) is 9.39. The van der Waals surface area contributed by atoms with E-state index in [2.05, 4.69) is 158 Å². The van der Waals surface area contributed by atoms with Crippen LogP contribution in [0.4, 0.5) is 0 Å². The normalized spacial score (nSPS) is 13.0. The zero-order valence-electron chi connectivity index (χ0n) is 29.9. The Hall–Kier alpha value is -6.75. The van der Waals surface area contributed by atoms with Crippen LogP contribution in [0.5, 0.6) is 0 Å². The van der Waals surface area contributed by atoms with Crippen molar-refractivity contribution in [3.8, 4) is 45.0 Å². The van der Waals surface area contributed by atoms with E-state index in [9.17, 15) is 0 Å². The molecule has 0 bridgehead atoms. The van der Waals surface area contributed by atoms with Crippen LogP contribution in [0, 0.1) is 0 Å². The van der Waals surface area contributed by atoms with Gasteiger partial charge in [0.25, 0.3) is 0 Å². The number of fused-ring (bicyclic) bond motifs is 7. The lowest BCUT2D eigenvalue weighted by Crippen LogP contribution is -2.03. The standard InChI is InChI=1S/C51H33N3S/c1-3-13-34(14-4-1)49-52-50(35-15-5-2-6-16-35)54-51(53-49)43-20-11-21-47-48(43)45-31-37(26-29-46(45)55-47)40-28-27-39(41-18-9-10-19-42(40)41)36-25-24-33-23-22-32-12-7-8-17-38(32)44(33)30-36/h1,3-5,7-31H,2,6H2. The quantitative estimate of drug-likeness (QED) is 0.166. The summed E-state index contributed by atoms with van der Waals surface area (Å²) >= 11 is 1.82. The van der Waals surface area contributed by atoms with Crippen LogP contribution in [-0.4, -0.2) is 15.0 Å². The van der Waals surface area contributed by atoms with E-state index in [1.165, 1.54) is 74.7 Å². The van der Waals surface area contributed by atoms with Crippen molar-refractivity contribution < 1.29 is 0 Å². The van der Waals surface area contributed by atoms with Gasteiger partial charge in [0.1, 0.15) is 0 Å². The van der Waals surface area contributed by atoms with Gasteiger partial charge in [-0.05, 0) is 91.7 Å². The van der Waals surface area contributed by atoms with E-state index in [0.717, 1.165) is 29.5 Å². The number of benzene rings is 8. The summed E-state index contributed by atoms with van der Waals surface area (Å²) in [5, 5.41) is 9.95. The summed E-state index contributed by atoms with van der Waals surface area (Å²) in [4.78, 5) is 15.3. The van der Waals surface area contributed by atoms with Crippen molar-refractivity contribution in [3.05, 3.63) is 182 Å². The van der Waals surface area contributed by atoms with Crippen LogP contribution in [0.1, 0.15) is 18.7 Å². The molecule has 4 heteroatoms. The monoisotopic (exact) mass is 719 g/mol. The molecule has 0 unspecified atom stereocenters. The average molecular weight is 720 g/mol. The van der Waals surface area contributed by atoms with Crippen molar-refractivity contribution in [3.63, 3.8) is 0 Å². The average Bonchev–Trinajstić information content (AvgIpc) is 3.64. The number of hydrogen-bond acceptors (Lipinski definition) is 4. The largest absolute Gasteiger partial charge is 0.208 e. The number of allylic oxidation sites excluding steroid dienone is 4. The second kappa shape index (κ2) is 13.0. The van der Waals surface area contributed by atoms with Crippen molar-refractivity contribution in [1.29, 1.82) is 0 Å². The Kier molecular flexibility index (Phi) is 7.49. The van der Waals surface area contributed by atoms with Crippen LogP contribution in [0.25, 0.3) is 103 Å². The molecule has 0 amide bonds. The van der Waals surface area contributed by atoms with E-state index in [1.807, 2.05) is 29.5 Å². The summed E-state index contributed by atoms with van der Waals surface area (Å²) < 4.78 is 2.46. The van der Waals surface area contributed by atoms with Gasteiger partial charge in [0.05, 0.1) is 0 Å². The molecule has 0 saturated heterocycles.